The molecule has 37 heavy (non-hydrogen) atoms. The molecule has 0 unspecified atom stereocenters. The van der Waals surface area contributed by atoms with E-state index in [-0.39, 0.29) is 52.0 Å². The molecule has 0 aliphatic heterocycles. The molecule has 196 valence electrons. The zero-order valence-corrected chi connectivity index (χ0v) is 20.7. The zero-order valence-electron chi connectivity index (χ0n) is 20.7. The van der Waals surface area contributed by atoms with Crippen LogP contribution >= 0.6 is 0 Å². The van der Waals surface area contributed by atoms with Crippen molar-refractivity contribution in [3.8, 4) is 0 Å². The first-order chi connectivity index (χ1) is 17.9. The predicted octanol–water partition coefficient (Wildman–Crippen LogP) is 2.41. The summed E-state index contributed by atoms with van der Waals surface area (Å²) in [5.74, 6) is -2.58. The van der Waals surface area contributed by atoms with E-state index in [1.54, 1.807) is 48.8 Å². The number of carbonyl (C=O) groups is 4. The highest BCUT2D eigenvalue weighted by Gasteiger charge is 2.49. The van der Waals surface area contributed by atoms with Gasteiger partial charge in [-0.2, -0.15) is 0 Å². The van der Waals surface area contributed by atoms with E-state index in [1.165, 1.54) is 12.2 Å². The molecule has 2 rings (SSSR count). The summed E-state index contributed by atoms with van der Waals surface area (Å²) in [5, 5.41) is 5.43. The van der Waals surface area contributed by atoms with Crippen LogP contribution in [0.1, 0.15) is 37.1 Å². The lowest BCUT2D eigenvalue weighted by Gasteiger charge is -2.29. The zero-order chi connectivity index (χ0) is 26.9. The molecular weight excluding hydrogens is 476 g/mol. The van der Waals surface area contributed by atoms with Crippen LogP contribution in [0.3, 0.4) is 0 Å². The molecular formula is C27H32N4O6. The summed E-state index contributed by atoms with van der Waals surface area (Å²) < 4.78 is 10.4. The third kappa shape index (κ3) is 9.67. The molecule has 2 amide bonds. The summed E-state index contributed by atoms with van der Waals surface area (Å²) in [5.41, 5.74) is -0.568. The van der Waals surface area contributed by atoms with Crippen molar-refractivity contribution in [3.63, 3.8) is 0 Å². The Kier molecular flexibility index (Phi) is 12.2. The van der Waals surface area contributed by atoms with Gasteiger partial charge < -0.3 is 20.1 Å². The van der Waals surface area contributed by atoms with Gasteiger partial charge in [-0.25, -0.2) is 0 Å². The third-order valence-corrected chi connectivity index (χ3v) is 5.39. The average molecular weight is 509 g/mol. The molecule has 0 saturated heterocycles. The highest BCUT2D eigenvalue weighted by molar-refractivity contribution is 6.01. The molecule has 0 aromatic carbocycles. The quantitative estimate of drug-likeness (QED) is 0.200. The summed E-state index contributed by atoms with van der Waals surface area (Å²) in [7, 11) is 0. The molecule has 10 nitrogen and oxygen atoms in total. The van der Waals surface area contributed by atoms with Crippen molar-refractivity contribution in [2.45, 2.75) is 38.8 Å². The van der Waals surface area contributed by atoms with Gasteiger partial charge in [-0.05, 0) is 37.1 Å². The first kappa shape index (κ1) is 28.9. The molecule has 0 bridgehead atoms. The first-order valence-electron chi connectivity index (χ1n) is 11.8. The monoisotopic (exact) mass is 508 g/mol. The van der Waals surface area contributed by atoms with Gasteiger partial charge in [-0.3, -0.25) is 29.1 Å². The highest BCUT2D eigenvalue weighted by Crippen LogP contribution is 2.34. The molecule has 0 spiro atoms. The van der Waals surface area contributed by atoms with Crippen molar-refractivity contribution in [1.82, 2.24) is 20.6 Å². The topological polar surface area (TPSA) is 137 Å². The maximum absolute atomic E-state index is 13.1. The average Bonchev–Trinajstić information content (AvgIpc) is 2.93. The molecule has 0 aliphatic carbocycles. The number of amides is 2. The maximum Gasteiger partial charge on any atom is 0.323 e. The van der Waals surface area contributed by atoms with Crippen LogP contribution in [0.2, 0.25) is 0 Å². The second-order valence-electron chi connectivity index (χ2n) is 8.05. The van der Waals surface area contributed by atoms with Gasteiger partial charge >= 0.3 is 11.9 Å². The third-order valence-electron chi connectivity index (χ3n) is 5.39. The van der Waals surface area contributed by atoms with E-state index >= 15 is 0 Å². The molecule has 2 heterocycles. The van der Waals surface area contributed by atoms with E-state index in [4.69, 9.17) is 9.47 Å². The normalized spacial score (nSPS) is 10.6. The molecule has 0 aliphatic rings. The Morgan fingerprint density at radius 2 is 1.19 bits per heavy atom. The van der Waals surface area contributed by atoms with Crippen molar-refractivity contribution >= 4 is 23.8 Å². The Morgan fingerprint density at radius 1 is 0.757 bits per heavy atom. The van der Waals surface area contributed by atoms with E-state index in [0.29, 0.717) is 11.4 Å². The van der Waals surface area contributed by atoms with Gasteiger partial charge in [0.15, 0.2) is 5.41 Å². The second-order valence-corrected chi connectivity index (χ2v) is 8.05. The highest BCUT2D eigenvalue weighted by atomic mass is 16.6. The minimum atomic E-state index is -1.88. The fourth-order valence-electron chi connectivity index (χ4n) is 3.38. The fraction of sp³-hybridized carbons (Fsp3) is 0.333. The molecule has 0 fully saturated rings. The summed E-state index contributed by atoms with van der Waals surface area (Å²) in [6.07, 6.45) is 5.12. The Bertz CT molecular complexity index is 974. The molecule has 2 aromatic rings. The van der Waals surface area contributed by atoms with Crippen LogP contribution in [0.15, 0.2) is 74.1 Å². The SMILES string of the molecule is C=CCOC(=O)C(CCC(=O)NCc1ccccn1)(CCC(=O)NCc1ccccn1)C(=O)OCC=C. The number of aromatic nitrogens is 2. The van der Waals surface area contributed by atoms with Crippen molar-refractivity contribution in [2.75, 3.05) is 13.2 Å². The Hall–Kier alpha value is -4.34. The summed E-state index contributed by atoms with van der Waals surface area (Å²) in [6, 6.07) is 10.6. The van der Waals surface area contributed by atoms with Crippen LogP contribution in [0.5, 0.6) is 0 Å². The number of pyridine rings is 2. The van der Waals surface area contributed by atoms with Gasteiger partial charge in [0.25, 0.3) is 0 Å². The molecule has 2 aromatic heterocycles. The number of esters is 2. The number of hydrogen-bond donors (Lipinski definition) is 2. The summed E-state index contributed by atoms with van der Waals surface area (Å²) in [6.45, 7) is 7.11. The number of hydrogen-bond acceptors (Lipinski definition) is 8. The lowest BCUT2D eigenvalue weighted by molar-refractivity contribution is -0.172. The van der Waals surface area contributed by atoms with E-state index < -0.39 is 29.2 Å². The smallest absolute Gasteiger partial charge is 0.323 e. The molecule has 2 N–H and O–H groups in total. The number of ether oxygens (including phenoxy) is 2. The molecule has 0 radical (unpaired) electrons. The lowest BCUT2D eigenvalue weighted by atomic mass is 9.78. The van der Waals surface area contributed by atoms with E-state index in [2.05, 4.69) is 33.8 Å². The van der Waals surface area contributed by atoms with E-state index in [0.717, 1.165) is 0 Å². The lowest BCUT2D eigenvalue weighted by Crippen LogP contribution is -2.44. The largest absolute Gasteiger partial charge is 0.461 e. The van der Waals surface area contributed by atoms with Crippen molar-refractivity contribution in [1.29, 1.82) is 0 Å². The van der Waals surface area contributed by atoms with Crippen LogP contribution < -0.4 is 10.6 Å². The minimum absolute atomic E-state index is 0.146. The van der Waals surface area contributed by atoms with Gasteiger partial charge in [0.1, 0.15) is 13.2 Å². The first-order valence-corrected chi connectivity index (χ1v) is 11.8. The number of nitrogens with one attached hydrogen (secondary N) is 2. The Labute approximate surface area is 216 Å². The van der Waals surface area contributed by atoms with E-state index in [1.807, 2.05) is 0 Å². The fourth-order valence-corrected chi connectivity index (χ4v) is 3.38. The number of nitrogens with zero attached hydrogens (tertiary/aromatic N) is 2. The van der Waals surface area contributed by atoms with Crippen LogP contribution in [0.4, 0.5) is 0 Å². The summed E-state index contributed by atoms with van der Waals surface area (Å²) in [4.78, 5) is 59.7. The van der Waals surface area contributed by atoms with Crippen LogP contribution in [0.25, 0.3) is 0 Å². The van der Waals surface area contributed by atoms with Gasteiger partial charge in [0.2, 0.25) is 11.8 Å². The van der Waals surface area contributed by atoms with Crippen LogP contribution in [-0.4, -0.2) is 46.9 Å². The van der Waals surface area contributed by atoms with Crippen LogP contribution in [-0.2, 0) is 41.7 Å². The predicted molar refractivity (Wildman–Crippen MR) is 135 cm³/mol. The minimum Gasteiger partial charge on any atom is -0.461 e. The molecule has 0 atom stereocenters. The maximum atomic E-state index is 13.1. The molecule has 0 saturated carbocycles. The van der Waals surface area contributed by atoms with Gasteiger partial charge in [-0.1, -0.05) is 37.4 Å². The summed E-state index contributed by atoms with van der Waals surface area (Å²) >= 11 is 0. The van der Waals surface area contributed by atoms with Crippen molar-refractivity contribution in [2.24, 2.45) is 5.41 Å². The van der Waals surface area contributed by atoms with Gasteiger partial charge in [0.05, 0.1) is 24.5 Å². The van der Waals surface area contributed by atoms with Crippen molar-refractivity contribution in [3.05, 3.63) is 85.5 Å². The number of carbonyl (C=O) groups excluding carboxylic acids is 4. The Morgan fingerprint density at radius 3 is 1.54 bits per heavy atom. The Balaban J connectivity index is 2.13. The standard InChI is InChI=1S/C27H32N4O6/c1-3-17-36-25(34)27(26(35)37-18-4-2,13-11-23(32)30-19-21-9-5-7-15-28-21)14-12-24(33)31-20-22-10-6-8-16-29-22/h3-10,15-16H,1-2,11-14,17-20H2,(H,30,32)(H,31,33). The van der Waals surface area contributed by atoms with Gasteiger partial charge in [-0.15, -0.1) is 0 Å². The number of rotatable bonds is 16. The van der Waals surface area contributed by atoms with E-state index in [9.17, 15) is 19.2 Å². The van der Waals surface area contributed by atoms with Crippen LogP contribution in [0, 0.1) is 5.41 Å². The second kappa shape index (κ2) is 15.6. The van der Waals surface area contributed by atoms with Gasteiger partial charge in [0, 0.05) is 25.2 Å². The van der Waals surface area contributed by atoms with Crippen molar-refractivity contribution < 1.29 is 28.7 Å². The molecule has 10 heteroatoms.